The Labute approximate surface area is 241 Å². The monoisotopic (exact) mass is 587 g/mol. The molecule has 1 N–H and O–H groups in total. The molecule has 0 saturated carbocycles. The predicted octanol–water partition coefficient (Wildman–Crippen LogP) is 3.73. The third-order valence-electron chi connectivity index (χ3n) is 9.00. The summed E-state index contributed by atoms with van der Waals surface area (Å²) in [6.45, 7) is 8.05. The van der Waals surface area contributed by atoms with Crippen molar-refractivity contribution in [2.24, 2.45) is 5.92 Å². The Morgan fingerprint density at radius 1 is 1.12 bits per heavy atom. The number of piperidine rings is 2. The zero-order valence-electron chi connectivity index (χ0n) is 23.9. The number of aromatic nitrogens is 3. The van der Waals surface area contributed by atoms with Gasteiger partial charge in [0.15, 0.2) is 0 Å². The fourth-order valence-corrected chi connectivity index (χ4v) is 8.72. The van der Waals surface area contributed by atoms with E-state index in [1.165, 1.54) is 34.7 Å². The molecular formula is C28H41N7O3S2. The summed E-state index contributed by atoms with van der Waals surface area (Å²) in [7, 11) is -3.24. The lowest BCUT2D eigenvalue weighted by Gasteiger charge is -2.40. The van der Waals surface area contributed by atoms with Crippen LogP contribution in [0.1, 0.15) is 98.2 Å². The molecule has 1 amide bonds. The molecule has 2 aromatic heterocycles. The van der Waals surface area contributed by atoms with E-state index in [1.807, 2.05) is 12.1 Å². The third-order valence-corrected chi connectivity index (χ3v) is 11.4. The average Bonchev–Trinajstić information content (AvgIpc) is 3.61. The maximum absolute atomic E-state index is 13.3. The minimum Gasteiger partial charge on any atom is -0.348 e. The van der Waals surface area contributed by atoms with Crippen molar-refractivity contribution in [2.75, 3.05) is 25.9 Å². The van der Waals surface area contributed by atoms with Gasteiger partial charge in [0, 0.05) is 54.5 Å². The van der Waals surface area contributed by atoms with Crippen LogP contribution in [-0.4, -0.2) is 76.3 Å². The van der Waals surface area contributed by atoms with Gasteiger partial charge in [-0.3, -0.25) is 9.69 Å². The smallest absolute Gasteiger partial charge is 0.223 e. The van der Waals surface area contributed by atoms with Crippen molar-refractivity contribution < 1.29 is 13.2 Å². The molecular weight excluding hydrogens is 546 g/mol. The maximum atomic E-state index is 13.3. The van der Waals surface area contributed by atoms with Gasteiger partial charge in [-0.15, -0.1) is 21.5 Å². The summed E-state index contributed by atoms with van der Waals surface area (Å²) >= 11 is 1.44. The van der Waals surface area contributed by atoms with Crippen molar-refractivity contribution in [3.05, 3.63) is 33.5 Å². The van der Waals surface area contributed by atoms with E-state index >= 15 is 0 Å². The third kappa shape index (κ3) is 6.12. The van der Waals surface area contributed by atoms with Crippen LogP contribution in [0.3, 0.4) is 0 Å². The van der Waals surface area contributed by atoms with E-state index in [0.29, 0.717) is 54.9 Å². The van der Waals surface area contributed by atoms with Gasteiger partial charge >= 0.3 is 0 Å². The number of carbonyl (C=O) groups excluding carboxylic acids is 1. The molecule has 4 atom stereocenters. The van der Waals surface area contributed by atoms with E-state index in [-0.39, 0.29) is 17.9 Å². The van der Waals surface area contributed by atoms with Crippen LogP contribution in [0.15, 0.2) is 12.1 Å². The average molecular weight is 588 g/mol. The molecule has 3 aliphatic rings. The molecule has 3 saturated heterocycles. The number of hydrogen-bond acceptors (Lipinski definition) is 8. The Hall–Kier alpha value is -2.33. The number of nitrogens with one attached hydrogen (secondary N) is 1. The van der Waals surface area contributed by atoms with Crippen LogP contribution >= 0.6 is 11.3 Å². The van der Waals surface area contributed by atoms with Crippen LogP contribution in [0.25, 0.3) is 0 Å². The number of amides is 1. The van der Waals surface area contributed by atoms with Crippen LogP contribution in [0.2, 0.25) is 0 Å². The number of nitrogens with zero attached hydrogens (tertiary/aromatic N) is 6. The molecule has 10 nitrogen and oxygen atoms in total. The van der Waals surface area contributed by atoms with Gasteiger partial charge in [-0.25, -0.2) is 12.7 Å². The summed E-state index contributed by atoms with van der Waals surface area (Å²) in [6.07, 6.45) is 7.60. The van der Waals surface area contributed by atoms with E-state index in [1.54, 1.807) is 0 Å². The van der Waals surface area contributed by atoms with Gasteiger partial charge in [0.05, 0.1) is 12.3 Å². The molecule has 3 fully saturated rings. The van der Waals surface area contributed by atoms with Gasteiger partial charge in [0.25, 0.3) is 0 Å². The van der Waals surface area contributed by atoms with E-state index in [9.17, 15) is 18.5 Å². The Kier molecular flexibility index (Phi) is 8.66. The number of thiophene rings is 1. The second-order valence-corrected chi connectivity index (χ2v) is 15.1. The Morgan fingerprint density at radius 3 is 2.38 bits per heavy atom. The zero-order chi connectivity index (χ0) is 28.6. The summed E-state index contributed by atoms with van der Waals surface area (Å²) in [5, 5.41) is 21.5. The molecule has 5 heterocycles. The van der Waals surface area contributed by atoms with Crippen LogP contribution in [0.4, 0.5) is 0 Å². The molecule has 1 unspecified atom stereocenters. The minimum absolute atomic E-state index is 0.0176. The fraction of sp³-hybridized carbons (Fsp3) is 0.714. The molecule has 0 spiro atoms. The van der Waals surface area contributed by atoms with Gasteiger partial charge < -0.3 is 9.88 Å². The molecule has 40 heavy (non-hydrogen) atoms. The number of sulfonamides is 1. The fourth-order valence-electron chi connectivity index (χ4n) is 6.96. The van der Waals surface area contributed by atoms with Gasteiger partial charge in [0.2, 0.25) is 15.9 Å². The predicted molar refractivity (Wildman–Crippen MR) is 154 cm³/mol. The topological polar surface area (TPSA) is 124 Å². The van der Waals surface area contributed by atoms with E-state index < -0.39 is 10.0 Å². The summed E-state index contributed by atoms with van der Waals surface area (Å²) in [6, 6.07) is 7.26. The molecule has 0 radical (unpaired) electrons. The molecule has 0 aromatic carbocycles. The van der Waals surface area contributed by atoms with Crippen LogP contribution < -0.4 is 5.32 Å². The second kappa shape index (κ2) is 11.9. The zero-order valence-corrected chi connectivity index (χ0v) is 25.5. The molecule has 2 aromatic rings. The number of rotatable bonds is 9. The standard InChI is InChI=1S/C28H41N7O3S2/c1-18(2)27-32-31-19(3)35(27)23-15-21-5-6-22(16-23)34(21)14-11-25(26-8-7-24(17-29)39-26)30-28(36)20-9-12-33(13-10-20)40(4,37)38/h7-8,18,20-23,25H,5-6,9-16H2,1-4H3,(H,30,36)/t21-,22+,23?,25-/m0/s1. The SMILES string of the molecule is Cc1nnc(C(C)C)n1C1C[C@H]2CC[C@@H](C1)N2CC[C@H](NC(=O)C1CCN(S(C)(=O)=O)CC1)c1ccc(C#N)s1. The molecule has 0 aliphatic carbocycles. The molecule has 12 heteroatoms. The van der Waals surface area contributed by atoms with Crippen molar-refractivity contribution in [2.45, 2.75) is 95.8 Å². The molecule has 3 aliphatic heterocycles. The van der Waals surface area contributed by atoms with E-state index in [0.717, 1.165) is 42.3 Å². The normalized spacial score (nSPS) is 25.2. The molecule has 218 valence electrons. The van der Waals surface area contributed by atoms with Crippen molar-refractivity contribution in [3.63, 3.8) is 0 Å². The number of hydrogen-bond donors (Lipinski definition) is 1. The van der Waals surface area contributed by atoms with Crippen molar-refractivity contribution in [1.29, 1.82) is 5.26 Å². The highest BCUT2D eigenvalue weighted by Crippen LogP contribution is 2.42. The highest BCUT2D eigenvalue weighted by Gasteiger charge is 2.42. The Morgan fingerprint density at radius 2 is 1.80 bits per heavy atom. The van der Waals surface area contributed by atoms with Gasteiger partial charge in [-0.1, -0.05) is 13.8 Å². The Balaban J connectivity index is 1.24. The highest BCUT2D eigenvalue weighted by atomic mass is 32.2. The van der Waals surface area contributed by atoms with Gasteiger partial charge in [0.1, 0.15) is 22.6 Å². The summed E-state index contributed by atoms with van der Waals surface area (Å²) < 4.78 is 27.6. The first-order chi connectivity index (χ1) is 19.0. The number of nitriles is 1. The number of carbonyl (C=O) groups is 1. The first-order valence-electron chi connectivity index (χ1n) is 14.5. The first-order valence-corrected chi connectivity index (χ1v) is 17.1. The lowest BCUT2D eigenvalue weighted by atomic mass is 9.95. The lowest BCUT2D eigenvalue weighted by molar-refractivity contribution is -0.127. The first kappa shape index (κ1) is 29.2. The van der Waals surface area contributed by atoms with Crippen molar-refractivity contribution in [3.8, 4) is 6.07 Å². The van der Waals surface area contributed by atoms with E-state index in [2.05, 4.69) is 51.8 Å². The van der Waals surface area contributed by atoms with Crippen LogP contribution in [0, 0.1) is 24.2 Å². The van der Waals surface area contributed by atoms with Crippen LogP contribution in [0.5, 0.6) is 0 Å². The number of fused-ring (bicyclic) bond motifs is 2. The van der Waals surface area contributed by atoms with Crippen LogP contribution in [-0.2, 0) is 14.8 Å². The Bertz CT molecular complexity index is 1340. The van der Waals surface area contributed by atoms with Gasteiger partial charge in [-0.2, -0.15) is 5.26 Å². The van der Waals surface area contributed by atoms with E-state index in [4.69, 9.17) is 0 Å². The summed E-state index contributed by atoms with van der Waals surface area (Å²) in [5.74, 6) is 2.19. The maximum Gasteiger partial charge on any atom is 0.223 e. The minimum atomic E-state index is -3.24. The molecule has 2 bridgehead atoms. The molecule has 5 rings (SSSR count). The van der Waals surface area contributed by atoms with Crippen molar-refractivity contribution in [1.82, 2.24) is 29.3 Å². The van der Waals surface area contributed by atoms with Crippen molar-refractivity contribution >= 4 is 27.3 Å². The summed E-state index contributed by atoms with van der Waals surface area (Å²) in [5.41, 5.74) is 0. The largest absolute Gasteiger partial charge is 0.348 e. The van der Waals surface area contributed by atoms with Gasteiger partial charge in [-0.05, 0) is 64.0 Å². The lowest BCUT2D eigenvalue weighted by Crippen LogP contribution is -2.46. The summed E-state index contributed by atoms with van der Waals surface area (Å²) in [4.78, 5) is 17.6. The highest BCUT2D eigenvalue weighted by molar-refractivity contribution is 7.88. The number of aryl methyl sites for hydroxylation is 1. The quantitative estimate of drug-likeness (QED) is 0.474. The second-order valence-electron chi connectivity index (χ2n) is 12.0.